The first-order valence-electron chi connectivity index (χ1n) is 6.93. The lowest BCUT2D eigenvalue weighted by Gasteiger charge is -2.22. The Morgan fingerprint density at radius 1 is 1.39 bits per heavy atom. The average molecular weight is 267 g/mol. The van der Waals surface area contributed by atoms with Gasteiger partial charge in [0.1, 0.15) is 0 Å². The molecule has 18 heavy (non-hydrogen) atoms. The van der Waals surface area contributed by atoms with Crippen LogP contribution in [0.5, 0.6) is 0 Å². The van der Waals surface area contributed by atoms with Crippen molar-refractivity contribution in [2.24, 2.45) is 11.7 Å². The molecule has 2 rings (SSSR count). The van der Waals surface area contributed by atoms with Gasteiger partial charge in [0.05, 0.1) is 0 Å². The van der Waals surface area contributed by atoms with Crippen LogP contribution in [0.3, 0.4) is 0 Å². The molecule has 1 aliphatic rings. The minimum absolute atomic E-state index is 0.0481. The van der Waals surface area contributed by atoms with Crippen molar-refractivity contribution in [2.75, 3.05) is 19.6 Å². The molecule has 0 saturated heterocycles. The number of halogens is 1. The molecule has 0 heterocycles. The van der Waals surface area contributed by atoms with Gasteiger partial charge in [-0.1, -0.05) is 36.7 Å². The lowest BCUT2D eigenvalue weighted by atomic mass is 10.0. The topological polar surface area (TPSA) is 29.3 Å². The van der Waals surface area contributed by atoms with E-state index in [2.05, 4.69) is 11.8 Å². The van der Waals surface area contributed by atoms with Gasteiger partial charge in [-0.05, 0) is 49.9 Å². The van der Waals surface area contributed by atoms with E-state index in [9.17, 15) is 0 Å². The summed E-state index contributed by atoms with van der Waals surface area (Å²) in [5, 5.41) is 0.787. The Bertz CT molecular complexity index is 377. The maximum atomic E-state index is 6.23. The van der Waals surface area contributed by atoms with Gasteiger partial charge in [-0.15, -0.1) is 0 Å². The summed E-state index contributed by atoms with van der Waals surface area (Å²) < 4.78 is 0. The van der Waals surface area contributed by atoms with Crippen LogP contribution in [0.25, 0.3) is 0 Å². The molecule has 1 aromatic rings. The lowest BCUT2D eigenvalue weighted by molar-refractivity contribution is 0.266. The molecule has 0 bridgehead atoms. The number of benzene rings is 1. The van der Waals surface area contributed by atoms with E-state index in [4.69, 9.17) is 17.3 Å². The van der Waals surface area contributed by atoms with Crippen molar-refractivity contribution in [3.63, 3.8) is 0 Å². The van der Waals surface area contributed by atoms with Crippen molar-refractivity contribution in [2.45, 2.75) is 32.2 Å². The minimum Gasteiger partial charge on any atom is -0.324 e. The van der Waals surface area contributed by atoms with Crippen LogP contribution in [0, 0.1) is 5.92 Å². The fourth-order valence-electron chi connectivity index (χ4n) is 2.30. The SMILES string of the molecule is CCN(CCC(N)c1ccccc1Cl)CC1CC1. The first kappa shape index (κ1) is 13.9. The fourth-order valence-corrected chi connectivity index (χ4v) is 2.57. The Labute approximate surface area is 115 Å². The Balaban J connectivity index is 1.82. The number of nitrogens with two attached hydrogens (primary N) is 1. The second-order valence-electron chi connectivity index (χ2n) is 5.25. The zero-order chi connectivity index (χ0) is 13.0. The van der Waals surface area contributed by atoms with E-state index < -0.39 is 0 Å². The van der Waals surface area contributed by atoms with E-state index in [0.29, 0.717) is 0 Å². The highest BCUT2D eigenvalue weighted by atomic mass is 35.5. The second-order valence-corrected chi connectivity index (χ2v) is 5.66. The largest absolute Gasteiger partial charge is 0.324 e. The third-order valence-electron chi connectivity index (χ3n) is 3.72. The Hall–Kier alpha value is -0.570. The Kier molecular flexibility index (Phi) is 5.04. The number of hydrogen-bond acceptors (Lipinski definition) is 2. The van der Waals surface area contributed by atoms with E-state index in [1.165, 1.54) is 19.4 Å². The van der Waals surface area contributed by atoms with E-state index >= 15 is 0 Å². The van der Waals surface area contributed by atoms with Crippen molar-refractivity contribution in [3.8, 4) is 0 Å². The van der Waals surface area contributed by atoms with E-state index in [1.54, 1.807) is 0 Å². The zero-order valence-electron chi connectivity index (χ0n) is 11.1. The van der Waals surface area contributed by atoms with Gasteiger partial charge in [0.15, 0.2) is 0 Å². The van der Waals surface area contributed by atoms with E-state index in [-0.39, 0.29) is 6.04 Å². The summed E-state index contributed by atoms with van der Waals surface area (Å²) in [7, 11) is 0. The minimum atomic E-state index is 0.0481. The van der Waals surface area contributed by atoms with Crippen molar-refractivity contribution in [1.29, 1.82) is 0 Å². The van der Waals surface area contributed by atoms with Crippen molar-refractivity contribution in [1.82, 2.24) is 4.90 Å². The number of rotatable bonds is 7. The second kappa shape index (κ2) is 6.55. The van der Waals surface area contributed by atoms with Gasteiger partial charge in [-0.3, -0.25) is 0 Å². The number of nitrogens with zero attached hydrogens (tertiary/aromatic N) is 1. The van der Waals surface area contributed by atoms with Gasteiger partial charge < -0.3 is 10.6 Å². The molecule has 1 fully saturated rings. The lowest BCUT2D eigenvalue weighted by Crippen LogP contribution is -2.29. The molecule has 0 aromatic heterocycles. The molecule has 1 aromatic carbocycles. The molecule has 0 spiro atoms. The highest BCUT2D eigenvalue weighted by Crippen LogP contribution is 2.30. The van der Waals surface area contributed by atoms with Gasteiger partial charge >= 0.3 is 0 Å². The molecule has 1 atom stereocenters. The molecule has 2 nitrogen and oxygen atoms in total. The van der Waals surface area contributed by atoms with E-state index in [0.717, 1.165) is 36.0 Å². The van der Waals surface area contributed by atoms with Crippen molar-refractivity contribution >= 4 is 11.6 Å². The molecule has 2 N–H and O–H groups in total. The summed E-state index contributed by atoms with van der Waals surface area (Å²) in [4.78, 5) is 2.51. The molecule has 0 amide bonds. The molecule has 0 radical (unpaired) electrons. The summed E-state index contributed by atoms with van der Waals surface area (Å²) in [6.45, 7) is 5.65. The average Bonchev–Trinajstić information content (AvgIpc) is 3.18. The fraction of sp³-hybridized carbons (Fsp3) is 0.600. The molecule has 1 unspecified atom stereocenters. The smallest absolute Gasteiger partial charge is 0.0453 e. The first-order valence-corrected chi connectivity index (χ1v) is 7.31. The summed E-state index contributed by atoms with van der Waals surface area (Å²) in [5.41, 5.74) is 7.31. The van der Waals surface area contributed by atoms with E-state index in [1.807, 2.05) is 24.3 Å². The Morgan fingerprint density at radius 2 is 2.11 bits per heavy atom. The van der Waals surface area contributed by atoms with Crippen LogP contribution in [0.4, 0.5) is 0 Å². The van der Waals surface area contributed by atoms with Gasteiger partial charge in [0.25, 0.3) is 0 Å². The molecule has 0 aliphatic heterocycles. The summed E-state index contributed by atoms with van der Waals surface area (Å²) in [5.74, 6) is 0.946. The van der Waals surface area contributed by atoms with Gasteiger partial charge in [0.2, 0.25) is 0 Å². The van der Waals surface area contributed by atoms with Gasteiger partial charge in [-0.2, -0.15) is 0 Å². The molecular weight excluding hydrogens is 244 g/mol. The van der Waals surface area contributed by atoms with Crippen LogP contribution in [-0.4, -0.2) is 24.5 Å². The summed E-state index contributed by atoms with van der Waals surface area (Å²) >= 11 is 6.17. The molecular formula is C15H23ClN2. The predicted molar refractivity (Wildman–Crippen MR) is 77.8 cm³/mol. The maximum Gasteiger partial charge on any atom is 0.0453 e. The van der Waals surface area contributed by atoms with Gasteiger partial charge in [-0.25, -0.2) is 0 Å². The highest BCUT2D eigenvalue weighted by molar-refractivity contribution is 6.31. The zero-order valence-corrected chi connectivity index (χ0v) is 11.9. The third-order valence-corrected chi connectivity index (χ3v) is 4.07. The van der Waals surface area contributed by atoms with Crippen molar-refractivity contribution < 1.29 is 0 Å². The van der Waals surface area contributed by atoms with Crippen molar-refractivity contribution in [3.05, 3.63) is 34.9 Å². The normalized spacial score (nSPS) is 17.1. The monoisotopic (exact) mass is 266 g/mol. The summed E-state index contributed by atoms with van der Waals surface area (Å²) in [6, 6.07) is 7.95. The third kappa shape index (κ3) is 3.98. The highest BCUT2D eigenvalue weighted by Gasteiger charge is 2.23. The van der Waals surface area contributed by atoms with Crippen LogP contribution < -0.4 is 5.73 Å². The Morgan fingerprint density at radius 3 is 2.72 bits per heavy atom. The van der Waals surface area contributed by atoms with Crippen LogP contribution >= 0.6 is 11.6 Å². The predicted octanol–water partition coefficient (Wildman–Crippen LogP) is 3.46. The maximum absolute atomic E-state index is 6.23. The first-order chi connectivity index (χ1) is 8.70. The van der Waals surface area contributed by atoms with Crippen LogP contribution in [0.15, 0.2) is 24.3 Å². The van der Waals surface area contributed by atoms with Crippen LogP contribution in [-0.2, 0) is 0 Å². The van der Waals surface area contributed by atoms with Crippen LogP contribution in [0.2, 0.25) is 5.02 Å². The summed E-state index contributed by atoms with van der Waals surface area (Å²) in [6.07, 6.45) is 3.80. The van der Waals surface area contributed by atoms with Gasteiger partial charge in [0, 0.05) is 17.6 Å². The number of hydrogen-bond donors (Lipinski definition) is 1. The molecule has 3 heteroatoms. The standard InChI is InChI=1S/C15H23ClN2/c1-2-18(11-12-7-8-12)10-9-15(17)13-5-3-4-6-14(13)16/h3-6,12,15H,2,7-11,17H2,1H3. The molecule has 100 valence electrons. The van der Waals surface area contributed by atoms with Crippen LogP contribution in [0.1, 0.15) is 37.8 Å². The molecule has 1 saturated carbocycles. The quantitative estimate of drug-likeness (QED) is 0.819. The molecule has 1 aliphatic carbocycles.